The standard InChI is InChI=1S/C25H29NO5/c1-5-6-7-13-26-22(17-9-8-10-18(15-17)30-3)21(24(28)25(26)29)23(27)19-14-16(2)11-12-20(19)31-4/h8-12,14-15,22,27H,5-7,13H2,1-4H3/b23-21+. The first-order chi connectivity index (χ1) is 14.9. The Kier molecular flexibility index (Phi) is 7.00. The molecule has 0 spiro atoms. The third-order valence-electron chi connectivity index (χ3n) is 5.56. The van der Waals surface area contributed by atoms with Gasteiger partial charge in [0.25, 0.3) is 11.7 Å². The van der Waals surface area contributed by atoms with Crippen LogP contribution in [0.5, 0.6) is 11.5 Å². The summed E-state index contributed by atoms with van der Waals surface area (Å²) < 4.78 is 10.8. The first-order valence-corrected chi connectivity index (χ1v) is 10.5. The molecule has 1 saturated heterocycles. The van der Waals surface area contributed by atoms with Gasteiger partial charge < -0.3 is 19.5 Å². The summed E-state index contributed by atoms with van der Waals surface area (Å²) in [5, 5.41) is 11.3. The number of carbonyl (C=O) groups excluding carboxylic acids is 2. The molecule has 1 amide bonds. The van der Waals surface area contributed by atoms with E-state index in [1.807, 2.05) is 25.1 Å². The Morgan fingerprint density at radius 3 is 2.52 bits per heavy atom. The fraction of sp³-hybridized carbons (Fsp3) is 0.360. The summed E-state index contributed by atoms with van der Waals surface area (Å²) in [6.45, 7) is 4.40. The molecule has 2 aromatic carbocycles. The fourth-order valence-corrected chi connectivity index (χ4v) is 3.95. The molecule has 31 heavy (non-hydrogen) atoms. The van der Waals surface area contributed by atoms with Gasteiger partial charge in [0.1, 0.15) is 17.3 Å². The quantitative estimate of drug-likeness (QED) is 0.290. The molecule has 6 heteroatoms. The number of aryl methyl sites for hydroxylation is 1. The van der Waals surface area contributed by atoms with E-state index < -0.39 is 17.7 Å². The fourth-order valence-electron chi connectivity index (χ4n) is 3.95. The Morgan fingerprint density at radius 2 is 1.84 bits per heavy atom. The molecule has 1 unspecified atom stereocenters. The summed E-state index contributed by atoms with van der Waals surface area (Å²) in [4.78, 5) is 27.6. The smallest absolute Gasteiger partial charge is 0.295 e. The van der Waals surface area contributed by atoms with Crippen molar-refractivity contribution in [2.24, 2.45) is 0 Å². The molecule has 0 radical (unpaired) electrons. The van der Waals surface area contributed by atoms with E-state index in [4.69, 9.17) is 9.47 Å². The van der Waals surface area contributed by atoms with Crippen LogP contribution in [0.4, 0.5) is 0 Å². The second kappa shape index (κ2) is 9.69. The lowest BCUT2D eigenvalue weighted by atomic mass is 9.94. The molecule has 0 aromatic heterocycles. The van der Waals surface area contributed by atoms with Crippen LogP contribution in [0.15, 0.2) is 48.0 Å². The maximum absolute atomic E-state index is 13.1. The Hall–Kier alpha value is -3.28. The molecule has 2 aromatic rings. The number of hydrogen-bond acceptors (Lipinski definition) is 5. The van der Waals surface area contributed by atoms with Crippen molar-refractivity contribution < 1.29 is 24.2 Å². The van der Waals surface area contributed by atoms with Crippen LogP contribution < -0.4 is 9.47 Å². The van der Waals surface area contributed by atoms with Crippen molar-refractivity contribution in [3.8, 4) is 11.5 Å². The first kappa shape index (κ1) is 22.4. The second-order valence-electron chi connectivity index (χ2n) is 7.68. The second-order valence-corrected chi connectivity index (χ2v) is 7.68. The zero-order valence-electron chi connectivity index (χ0n) is 18.5. The molecule has 6 nitrogen and oxygen atoms in total. The van der Waals surface area contributed by atoms with Gasteiger partial charge in [0.05, 0.1) is 31.4 Å². The van der Waals surface area contributed by atoms with E-state index >= 15 is 0 Å². The lowest BCUT2D eigenvalue weighted by molar-refractivity contribution is -0.139. The van der Waals surface area contributed by atoms with Crippen LogP contribution in [0.2, 0.25) is 0 Å². The van der Waals surface area contributed by atoms with Crippen LogP contribution in [0.3, 0.4) is 0 Å². The number of methoxy groups -OCH3 is 2. The molecule has 3 rings (SSSR count). The van der Waals surface area contributed by atoms with Crippen LogP contribution in [0.1, 0.15) is 48.9 Å². The van der Waals surface area contributed by atoms with Gasteiger partial charge in [-0.1, -0.05) is 43.5 Å². The number of ketones is 1. The predicted octanol–water partition coefficient (Wildman–Crippen LogP) is 4.62. The number of benzene rings is 2. The van der Waals surface area contributed by atoms with E-state index in [0.717, 1.165) is 24.8 Å². The number of amides is 1. The van der Waals surface area contributed by atoms with Crippen LogP contribution in [0.25, 0.3) is 5.76 Å². The highest BCUT2D eigenvalue weighted by atomic mass is 16.5. The monoisotopic (exact) mass is 423 g/mol. The number of carbonyl (C=O) groups is 2. The largest absolute Gasteiger partial charge is 0.507 e. The minimum Gasteiger partial charge on any atom is -0.507 e. The maximum Gasteiger partial charge on any atom is 0.295 e. The van der Waals surface area contributed by atoms with Crippen molar-refractivity contribution in [2.45, 2.75) is 39.2 Å². The predicted molar refractivity (Wildman–Crippen MR) is 119 cm³/mol. The van der Waals surface area contributed by atoms with Gasteiger partial charge in [-0.05, 0) is 43.2 Å². The number of nitrogens with zero attached hydrogens (tertiary/aromatic N) is 1. The topological polar surface area (TPSA) is 76.1 Å². The third kappa shape index (κ3) is 4.43. The molecule has 0 aliphatic carbocycles. The average Bonchev–Trinajstić information content (AvgIpc) is 3.03. The van der Waals surface area contributed by atoms with E-state index in [1.54, 1.807) is 36.3 Å². The van der Waals surface area contributed by atoms with Crippen LogP contribution in [-0.4, -0.2) is 42.5 Å². The molecule has 1 heterocycles. The normalized spacial score (nSPS) is 17.8. The zero-order chi connectivity index (χ0) is 22.5. The molecule has 1 aliphatic rings. The SMILES string of the molecule is CCCCCN1C(=O)C(=O)/C(=C(/O)c2cc(C)ccc2OC)C1c1cccc(OC)c1. The van der Waals surface area contributed by atoms with Gasteiger partial charge in [-0.3, -0.25) is 9.59 Å². The summed E-state index contributed by atoms with van der Waals surface area (Å²) in [5.74, 6) is -0.471. The molecular formula is C25H29NO5. The van der Waals surface area contributed by atoms with Crippen molar-refractivity contribution in [1.29, 1.82) is 0 Å². The number of Topliss-reactive ketones (excluding diaryl/α,β-unsaturated/α-hetero) is 1. The number of ether oxygens (including phenoxy) is 2. The zero-order valence-corrected chi connectivity index (χ0v) is 18.5. The maximum atomic E-state index is 13.1. The highest BCUT2D eigenvalue weighted by Crippen LogP contribution is 2.41. The summed E-state index contributed by atoms with van der Waals surface area (Å²) in [5.41, 5.74) is 2.07. The Bertz CT molecular complexity index is 1010. The number of hydrogen-bond donors (Lipinski definition) is 1. The molecule has 0 bridgehead atoms. The van der Waals surface area contributed by atoms with Crippen molar-refractivity contribution >= 4 is 17.4 Å². The van der Waals surface area contributed by atoms with Crippen molar-refractivity contribution in [3.05, 3.63) is 64.7 Å². The Balaban J connectivity index is 2.20. The molecule has 1 fully saturated rings. The minimum absolute atomic E-state index is 0.0682. The Labute approximate surface area is 183 Å². The lowest BCUT2D eigenvalue weighted by Crippen LogP contribution is -2.30. The molecule has 1 N–H and O–H groups in total. The molecule has 1 aliphatic heterocycles. The highest BCUT2D eigenvalue weighted by Gasteiger charge is 2.46. The summed E-state index contributed by atoms with van der Waals surface area (Å²) in [7, 11) is 3.07. The van der Waals surface area contributed by atoms with Crippen LogP contribution in [-0.2, 0) is 9.59 Å². The minimum atomic E-state index is -0.697. The van der Waals surface area contributed by atoms with Gasteiger partial charge in [-0.2, -0.15) is 0 Å². The van der Waals surface area contributed by atoms with Gasteiger partial charge in [0.15, 0.2) is 0 Å². The number of aliphatic hydroxyl groups excluding tert-OH is 1. The summed E-state index contributed by atoms with van der Waals surface area (Å²) >= 11 is 0. The number of likely N-dealkylation sites (tertiary alicyclic amines) is 1. The van der Waals surface area contributed by atoms with Gasteiger partial charge in [-0.25, -0.2) is 0 Å². The van der Waals surface area contributed by atoms with Gasteiger partial charge in [0.2, 0.25) is 0 Å². The summed E-state index contributed by atoms with van der Waals surface area (Å²) in [6, 6.07) is 11.9. The molecule has 164 valence electrons. The third-order valence-corrected chi connectivity index (χ3v) is 5.56. The van der Waals surface area contributed by atoms with E-state index in [1.165, 1.54) is 7.11 Å². The van der Waals surface area contributed by atoms with E-state index in [2.05, 4.69) is 6.92 Å². The van der Waals surface area contributed by atoms with Gasteiger partial charge >= 0.3 is 0 Å². The number of aliphatic hydroxyl groups is 1. The number of rotatable bonds is 8. The molecule has 0 saturated carbocycles. The van der Waals surface area contributed by atoms with Gasteiger partial charge in [-0.15, -0.1) is 0 Å². The first-order valence-electron chi connectivity index (χ1n) is 10.5. The Morgan fingerprint density at radius 1 is 1.06 bits per heavy atom. The molecule has 1 atom stereocenters. The van der Waals surface area contributed by atoms with Crippen LogP contribution >= 0.6 is 0 Å². The number of unbranched alkanes of at least 4 members (excludes halogenated alkanes) is 2. The average molecular weight is 424 g/mol. The van der Waals surface area contributed by atoms with Crippen LogP contribution in [0, 0.1) is 6.92 Å². The summed E-state index contributed by atoms with van der Waals surface area (Å²) in [6.07, 6.45) is 2.71. The lowest BCUT2D eigenvalue weighted by Gasteiger charge is -2.25. The van der Waals surface area contributed by atoms with Gasteiger partial charge in [0, 0.05) is 6.54 Å². The van der Waals surface area contributed by atoms with E-state index in [9.17, 15) is 14.7 Å². The van der Waals surface area contributed by atoms with Crippen molar-refractivity contribution in [3.63, 3.8) is 0 Å². The molecular weight excluding hydrogens is 394 g/mol. The van der Waals surface area contributed by atoms with E-state index in [-0.39, 0.29) is 11.3 Å². The van der Waals surface area contributed by atoms with Crippen molar-refractivity contribution in [2.75, 3.05) is 20.8 Å². The van der Waals surface area contributed by atoms with E-state index in [0.29, 0.717) is 29.2 Å². The van der Waals surface area contributed by atoms with Crippen molar-refractivity contribution in [1.82, 2.24) is 4.90 Å². The highest BCUT2D eigenvalue weighted by molar-refractivity contribution is 6.46.